The molecule has 2 heterocycles. The molecule has 7 heteroatoms. The third-order valence-corrected chi connectivity index (χ3v) is 4.34. The van der Waals surface area contributed by atoms with Crippen molar-refractivity contribution in [2.75, 3.05) is 0 Å². The lowest BCUT2D eigenvalue weighted by Gasteiger charge is -2.29. The van der Waals surface area contributed by atoms with E-state index in [0.29, 0.717) is 11.6 Å². The van der Waals surface area contributed by atoms with Gasteiger partial charge in [-0.2, -0.15) is 0 Å². The third kappa shape index (κ3) is 3.49. The van der Waals surface area contributed by atoms with Gasteiger partial charge in [-0.05, 0) is 30.9 Å². The van der Waals surface area contributed by atoms with Crippen LogP contribution in [0.3, 0.4) is 0 Å². The minimum atomic E-state index is -0.655. The quantitative estimate of drug-likeness (QED) is 0.925. The van der Waals surface area contributed by atoms with Gasteiger partial charge in [-0.25, -0.2) is 9.36 Å². The largest absolute Gasteiger partial charge is 0.442 e. The van der Waals surface area contributed by atoms with Crippen LogP contribution in [0.2, 0.25) is 0 Å². The van der Waals surface area contributed by atoms with Crippen LogP contribution in [-0.4, -0.2) is 26.7 Å². The normalized spacial score (nSPS) is 21.1. The lowest BCUT2D eigenvalue weighted by Crippen LogP contribution is -2.43. The van der Waals surface area contributed by atoms with Gasteiger partial charge in [0.15, 0.2) is 0 Å². The van der Waals surface area contributed by atoms with Gasteiger partial charge in [-0.1, -0.05) is 31.0 Å². The summed E-state index contributed by atoms with van der Waals surface area (Å²) in [5, 5.41) is 6.76. The number of nitrogens with one attached hydrogen (secondary N) is 1. The summed E-state index contributed by atoms with van der Waals surface area (Å²) in [7, 11) is 0. The number of carbonyl (C=O) groups excluding carboxylic acids is 1. The van der Waals surface area contributed by atoms with Crippen LogP contribution < -0.4 is 11.1 Å². The number of amides is 1. The predicted molar refractivity (Wildman–Crippen MR) is 83.6 cm³/mol. The van der Waals surface area contributed by atoms with Gasteiger partial charge < -0.3 is 5.32 Å². The minimum Gasteiger partial charge on any atom is -0.352 e. The van der Waals surface area contributed by atoms with Crippen molar-refractivity contribution in [2.45, 2.75) is 45.2 Å². The second-order valence-electron chi connectivity index (χ2n) is 6.01. The summed E-state index contributed by atoms with van der Waals surface area (Å²) in [5.74, 6) is -0.131. The van der Waals surface area contributed by atoms with Crippen molar-refractivity contribution in [3.8, 4) is 11.5 Å². The fourth-order valence-electron chi connectivity index (χ4n) is 3.01. The Kier molecular flexibility index (Phi) is 4.55. The molecule has 0 aliphatic heterocycles. The lowest BCUT2D eigenvalue weighted by molar-refractivity contribution is -0.123. The highest BCUT2D eigenvalue weighted by Crippen LogP contribution is 2.23. The molecule has 1 N–H and O–H groups in total. The Morgan fingerprint density at radius 3 is 2.96 bits per heavy atom. The Labute approximate surface area is 133 Å². The predicted octanol–water partition coefficient (Wildman–Crippen LogP) is 1.59. The van der Waals surface area contributed by atoms with Crippen LogP contribution in [0, 0.1) is 5.92 Å². The first-order valence-corrected chi connectivity index (χ1v) is 7.92. The molecule has 1 fully saturated rings. The Morgan fingerprint density at radius 2 is 2.22 bits per heavy atom. The van der Waals surface area contributed by atoms with Gasteiger partial charge in [0.2, 0.25) is 11.7 Å². The number of hydrogen-bond donors (Lipinski definition) is 1. The van der Waals surface area contributed by atoms with Crippen molar-refractivity contribution >= 4 is 5.91 Å². The molecule has 0 spiro atoms. The Hall–Kier alpha value is -2.44. The molecule has 2 aromatic heterocycles. The van der Waals surface area contributed by atoms with E-state index in [2.05, 4.69) is 22.4 Å². The van der Waals surface area contributed by atoms with Gasteiger partial charge in [0, 0.05) is 12.2 Å². The molecule has 1 amide bonds. The highest BCUT2D eigenvalue weighted by Gasteiger charge is 2.24. The van der Waals surface area contributed by atoms with E-state index in [1.807, 2.05) is 0 Å². The lowest BCUT2D eigenvalue weighted by atomic mass is 9.86. The van der Waals surface area contributed by atoms with Gasteiger partial charge in [0.25, 0.3) is 0 Å². The van der Waals surface area contributed by atoms with Crippen LogP contribution in [0.25, 0.3) is 11.5 Å². The average Bonchev–Trinajstić information content (AvgIpc) is 2.91. The van der Waals surface area contributed by atoms with E-state index in [1.54, 1.807) is 24.4 Å². The van der Waals surface area contributed by atoms with Crippen LogP contribution in [0.5, 0.6) is 0 Å². The zero-order chi connectivity index (χ0) is 16.2. The molecule has 0 saturated heterocycles. The first-order valence-electron chi connectivity index (χ1n) is 7.92. The monoisotopic (exact) mass is 316 g/mol. The zero-order valence-corrected chi connectivity index (χ0v) is 13.1. The molecule has 1 aliphatic carbocycles. The number of carbonyl (C=O) groups is 1. The van der Waals surface area contributed by atoms with E-state index < -0.39 is 5.76 Å². The number of aromatic nitrogens is 3. The van der Waals surface area contributed by atoms with E-state index >= 15 is 0 Å². The van der Waals surface area contributed by atoms with Gasteiger partial charge in [-0.15, -0.1) is 0 Å². The van der Waals surface area contributed by atoms with Crippen molar-refractivity contribution < 1.29 is 9.32 Å². The number of hydrogen-bond acceptors (Lipinski definition) is 5. The molecule has 1 aliphatic rings. The molecule has 1 saturated carbocycles. The van der Waals surface area contributed by atoms with Gasteiger partial charge in [0.1, 0.15) is 12.2 Å². The van der Waals surface area contributed by atoms with Crippen LogP contribution in [-0.2, 0) is 11.3 Å². The minimum absolute atomic E-state index is 0.114. The standard InChI is InChI=1S/C16H20N4O3/c1-11-6-2-3-7-12(11)18-14(21)10-20-15(19-23-16(20)22)13-8-4-5-9-17-13/h4-5,8-9,11-12H,2-3,6-7,10H2,1H3,(H,18,21). The molecule has 0 radical (unpaired) electrons. The molecule has 23 heavy (non-hydrogen) atoms. The Bertz CT molecular complexity index is 722. The second-order valence-corrected chi connectivity index (χ2v) is 6.01. The van der Waals surface area contributed by atoms with Crippen molar-refractivity contribution in [3.63, 3.8) is 0 Å². The highest BCUT2D eigenvalue weighted by molar-refractivity contribution is 5.76. The Balaban J connectivity index is 1.74. The molecule has 7 nitrogen and oxygen atoms in total. The summed E-state index contributed by atoms with van der Waals surface area (Å²) in [6.45, 7) is 2.03. The summed E-state index contributed by atoms with van der Waals surface area (Å²) in [4.78, 5) is 28.3. The SMILES string of the molecule is CC1CCCCC1NC(=O)Cn1c(-c2ccccn2)noc1=O. The fourth-order valence-corrected chi connectivity index (χ4v) is 3.01. The molecule has 0 aromatic carbocycles. The average molecular weight is 316 g/mol. The maximum Gasteiger partial charge on any atom is 0.442 e. The molecule has 2 unspecified atom stereocenters. The molecule has 2 aromatic rings. The maximum absolute atomic E-state index is 12.3. The van der Waals surface area contributed by atoms with Crippen LogP contribution >= 0.6 is 0 Å². The summed E-state index contributed by atoms with van der Waals surface area (Å²) in [6, 6.07) is 5.44. The molecular formula is C16H20N4O3. The fraction of sp³-hybridized carbons (Fsp3) is 0.500. The third-order valence-electron chi connectivity index (χ3n) is 4.34. The number of pyridine rings is 1. The first-order chi connectivity index (χ1) is 11.1. The topological polar surface area (TPSA) is 90.0 Å². The van der Waals surface area contributed by atoms with Gasteiger partial charge in [-0.3, -0.25) is 14.3 Å². The molecule has 0 bridgehead atoms. The van der Waals surface area contributed by atoms with E-state index in [9.17, 15) is 9.59 Å². The van der Waals surface area contributed by atoms with E-state index in [-0.39, 0.29) is 24.3 Å². The van der Waals surface area contributed by atoms with Crippen LogP contribution in [0.1, 0.15) is 32.6 Å². The summed E-state index contributed by atoms with van der Waals surface area (Å²) >= 11 is 0. The summed E-state index contributed by atoms with van der Waals surface area (Å²) in [5.41, 5.74) is 0.497. The molecule has 122 valence electrons. The van der Waals surface area contributed by atoms with Gasteiger partial charge >= 0.3 is 5.76 Å². The van der Waals surface area contributed by atoms with Crippen molar-refractivity contribution in [1.29, 1.82) is 0 Å². The maximum atomic E-state index is 12.3. The summed E-state index contributed by atoms with van der Waals surface area (Å²) < 4.78 is 5.91. The van der Waals surface area contributed by atoms with Crippen molar-refractivity contribution in [3.05, 3.63) is 34.9 Å². The van der Waals surface area contributed by atoms with E-state index in [1.165, 1.54) is 11.0 Å². The zero-order valence-electron chi connectivity index (χ0n) is 13.1. The highest BCUT2D eigenvalue weighted by atomic mass is 16.5. The van der Waals surface area contributed by atoms with E-state index in [4.69, 9.17) is 4.52 Å². The molecule has 3 rings (SSSR count). The number of nitrogens with zero attached hydrogens (tertiary/aromatic N) is 3. The molecule has 2 atom stereocenters. The number of rotatable bonds is 4. The second kappa shape index (κ2) is 6.76. The van der Waals surface area contributed by atoms with Crippen molar-refractivity contribution in [1.82, 2.24) is 20.0 Å². The van der Waals surface area contributed by atoms with Crippen LogP contribution in [0.15, 0.2) is 33.7 Å². The van der Waals surface area contributed by atoms with Crippen molar-refractivity contribution in [2.24, 2.45) is 5.92 Å². The van der Waals surface area contributed by atoms with E-state index in [0.717, 1.165) is 19.3 Å². The summed E-state index contributed by atoms with van der Waals surface area (Å²) in [6.07, 6.45) is 6.04. The molecular weight excluding hydrogens is 296 g/mol. The van der Waals surface area contributed by atoms with Crippen LogP contribution in [0.4, 0.5) is 0 Å². The van der Waals surface area contributed by atoms with Gasteiger partial charge in [0.05, 0.1) is 0 Å². The smallest absolute Gasteiger partial charge is 0.352 e. The first kappa shape index (κ1) is 15.5. The Morgan fingerprint density at radius 1 is 1.39 bits per heavy atom.